The second kappa shape index (κ2) is 6.35. The first kappa shape index (κ1) is 11.0. The van der Waals surface area contributed by atoms with Crippen LogP contribution in [0.1, 0.15) is 18.4 Å². The van der Waals surface area contributed by atoms with Crippen molar-refractivity contribution in [3.8, 4) is 0 Å². The second-order valence-corrected chi connectivity index (χ2v) is 3.39. The van der Waals surface area contributed by atoms with Crippen molar-refractivity contribution in [3.63, 3.8) is 0 Å². The van der Waals surface area contributed by atoms with E-state index in [-0.39, 0.29) is 6.04 Å². The van der Waals surface area contributed by atoms with Gasteiger partial charge in [0.2, 0.25) is 0 Å². The number of hydrogen-bond acceptors (Lipinski definition) is 2. The molecule has 0 saturated heterocycles. The third-order valence-electron chi connectivity index (χ3n) is 2.32. The van der Waals surface area contributed by atoms with Gasteiger partial charge in [-0.1, -0.05) is 36.4 Å². The largest absolute Gasteiger partial charge is 0.271 e. The molecule has 0 radical (unpaired) electrons. The Morgan fingerprint density at radius 2 is 2.07 bits per heavy atom. The van der Waals surface area contributed by atoms with Crippen LogP contribution in [-0.2, 0) is 6.42 Å². The van der Waals surface area contributed by atoms with Gasteiger partial charge in [0.05, 0.1) is 0 Å². The Morgan fingerprint density at radius 1 is 1.36 bits per heavy atom. The van der Waals surface area contributed by atoms with Gasteiger partial charge in [0.15, 0.2) is 0 Å². The van der Waals surface area contributed by atoms with Crippen LogP contribution in [0.2, 0.25) is 0 Å². The fraction of sp³-hybridized carbons (Fsp3) is 0.333. The molecule has 0 spiro atoms. The standard InChI is InChI=1S/C12H18N2/c1-2-12(14-13)10-6-9-11-7-4-3-5-8-11/h2-5,7-8,12,14H,1,6,9-10,13H2. The number of hydrazine groups is 1. The Kier molecular flexibility index (Phi) is 4.97. The molecule has 3 N–H and O–H groups in total. The summed E-state index contributed by atoms with van der Waals surface area (Å²) in [7, 11) is 0. The van der Waals surface area contributed by atoms with Gasteiger partial charge < -0.3 is 0 Å². The average molecular weight is 190 g/mol. The van der Waals surface area contributed by atoms with Crippen molar-refractivity contribution in [3.05, 3.63) is 48.6 Å². The molecule has 14 heavy (non-hydrogen) atoms. The van der Waals surface area contributed by atoms with Gasteiger partial charge in [-0.25, -0.2) is 0 Å². The Morgan fingerprint density at radius 3 is 2.64 bits per heavy atom. The average Bonchev–Trinajstić information content (AvgIpc) is 2.26. The topological polar surface area (TPSA) is 38.0 Å². The van der Waals surface area contributed by atoms with Gasteiger partial charge in [-0.2, -0.15) is 0 Å². The first-order valence-electron chi connectivity index (χ1n) is 4.99. The molecule has 1 rings (SSSR count). The van der Waals surface area contributed by atoms with Crippen LogP contribution in [0.3, 0.4) is 0 Å². The number of rotatable bonds is 6. The van der Waals surface area contributed by atoms with E-state index in [2.05, 4.69) is 36.3 Å². The normalized spacial score (nSPS) is 12.4. The van der Waals surface area contributed by atoms with Crippen LogP contribution in [0, 0.1) is 0 Å². The van der Waals surface area contributed by atoms with Gasteiger partial charge in [0.1, 0.15) is 0 Å². The zero-order valence-electron chi connectivity index (χ0n) is 8.45. The van der Waals surface area contributed by atoms with E-state index < -0.39 is 0 Å². The van der Waals surface area contributed by atoms with E-state index in [0.717, 1.165) is 19.3 Å². The summed E-state index contributed by atoms with van der Waals surface area (Å²) < 4.78 is 0. The number of nitrogens with two attached hydrogens (primary N) is 1. The minimum absolute atomic E-state index is 0.235. The molecule has 76 valence electrons. The zero-order valence-corrected chi connectivity index (χ0v) is 8.45. The van der Waals surface area contributed by atoms with Crippen molar-refractivity contribution in [2.45, 2.75) is 25.3 Å². The van der Waals surface area contributed by atoms with Crippen LogP contribution in [0.15, 0.2) is 43.0 Å². The fourth-order valence-corrected chi connectivity index (χ4v) is 1.44. The van der Waals surface area contributed by atoms with Gasteiger partial charge in [0.25, 0.3) is 0 Å². The van der Waals surface area contributed by atoms with E-state index in [1.165, 1.54) is 5.56 Å². The van der Waals surface area contributed by atoms with Crippen LogP contribution < -0.4 is 11.3 Å². The Balaban J connectivity index is 2.25. The summed E-state index contributed by atoms with van der Waals surface area (Å²) in [5.74, 6) is 5.34. The van der Waals surface area contributed by atoms with Crippen LogP contribution >= 0.6 is 0 Å². The van der Waals surface area contributed by atoms with Gasteiger partial charge >= 0.3 is 0 Å². The Labute approximate surface area is 85.8 Å². The van der Waals surface area contributed by atoms with E-state index in [0.29, 0.717) is 0 Å². The van der Waals surface area contributed by atoms with Crippen molar-refractivity contribution in [1.82, 2.24) is 5.43 Å². The molecule has 0 aliphatic carbocycles. The maximum Gasteiger partial charge on any atom is 0.0387 e. The van der Waals surface area contributed by atoms with Crippen LogP contribution in [0.25, 0.3) is 0 Å². The van der Waals surface area contributed by atoms with E-state index >= 15 is 0 Å². The molecule has 1 atom stereocenters. The van der Waals surface area contributed by atoms with Crippen molar-refractivity contribution >= 4 is 0 Å². The highest BCUT2D eigenvalue weighted by molar-refractivity contribution is 5.14. The van der Waals surface area contributed by atoms with E-state index in [4.69, 9.17) is 5.84 Å². The molecule has 2 heteroatoms. The van der Waals surface area contributed by atoms with Crippen molar-refractivity contribution in [2.24, 2.45) is 5.84 Å². The van der Waals surface area contributed by atoms with Crippen molar-refractivity contribution < 1.29 is 0 Å². The quantitative estimate of drug-likeness (QED) is 0.409. The highest BCUT2D eigenvalue weighted by atomic mass is 15.2. The number of benzene rings is 1. The Bertz CT molecular complexity index is 256. The lowest BCUT2D eigenvalue weighted by Crippen LogP contribution is -2.33. The first-order valence-corrected chi connectivity index (χ1v) is 4.99. The molecule has 0 aromatic heterocycles. The van der Waals surface area contributed by atoms with Gasteiger partial charge in [-0.3, -0.25) is 11.3 Å². The maximum absolute atomic E-state index is 5.34. The summed E-state index contributed by atoms with van der Waals surface area (Å²) >= 11 is 0. The second-order valence-electron chi connectivity index (χ2n) is 3.39. The number of hydrogen-bond donors (Lipinski definition) is 2. The molecule has 1 aromatic rings. The lowest BCUT2D eigenvalue weighted by atomic mass is 10.1. The molecule has 2 nitrogen and oxygen atoms in total. The number of aryl methyl sites for hydroxylation is 1. The predicted molar refractivity (Wildman–Crippen MR) is 60.7 cm³/mol. The summed E-state index contributed by atoms with van der Waals surface area (Å²) in [6.07, 6.45) is 5.12. The highest BCUT2D eigenvalue weighted by Gasteiger charge is 2.00. The van der Waals surface area contributed by atoms with Crippen molar-refractivity contribution in [1.29, 1.82) is 0 Å². The molecule has 0 bridgehead atoms. The maximum atomic E-state index is 5.34. The summed E-state index contributed by atoms with van der Waals surface area (Å²) in [6.45, 7) is 3.72. The third-order valence-corrected chi connectivity index (χ3v) is 2.32. The van der Waals surface area contributed by atoms with Crippen LogP contribution in [0.5, 0.6) is 0 Å². The predicted octanol–water partition coefficient (Wildman–Crippen LogP) is 2.03. The van der Waals surface area contributed by atoms with E-state index in [1.807, 2.05) is 12.1 Å². The fourth-order valence-electron chi connectivity index (χ4n) is 1.44. The third kappa shape index (κ3) is 3.73. The van der Waals surface area contributed by atoms with Gasteiger partial charge in [-0.15, -0.1) is 6.58 Å². The summed E-state index contributed by atoms with van der Waals surface area (Å²) in [6, 6.07) is 10.7. The van der Waals surface area contributed by atoms with E-state index in [1.54, 1.807) is 0 Å². The molecule has 1 aromatic carbocycles. The first-order chi connectivity index (χ1) is 6.86. The minimum Gasteiger partial charge on any atom is -0.271 e. The Hall–Kier alpha value is -1.12. The smallest absolute Gasteiger partial charge is 0.0387 e. The minimum atomic E-state index is 0.235. The molecular formula is C12H18N2. The van der Waals surface area contributed by atoms with E-state index in [9.17, 15) is 0 Å². The SMILES string of the molecule is C=CC(CCCc1ccccc1)NN. The highest BCUT2D eigenvalue weighted by Crippen LogP contribution is 2.06. The van der Waals surface area contributed by atoms with Crippen LogP contribution in [-0.4, -0.2) is 6.04 Å². The molecule has 0 fully saturated rings. The number of nitrogens with one attached hydrogen (secondary N) is 1. The lowest BCUT2D eigenvalue weighted by Gasteiger charge is -2.09. The zero-order chi connectivity index (χ0) is 10.2. The molecule has 0 saturated carbocycles. The van der Waals surface area contributed by atoms with Crippen LogP contribution in [0.4, 0.5) is 0 Å². The molecular weight excluding hydrogens is 172 g/mol. The summed E-state index contributed by atoms with van der Waals surface area (Å²) in [4.78, 5) is 0. The molecule has 0 amide bonds. The molecule has 0 heterocycles. The van der Waals surface area contributed by atoms with Crippen molar-refractivity contribution in [2.75, 3.05) is 0 Å². The molecule has 1 unspecified atom stereocenters. The monoisotopic (exact) mass is 190 g/mol. The summed E-state index contributed by atoms with van der Waals surface area (Å²) in [5.41, 5.74) is 4.10. The molecule has 0 aliphatic heterocycles. The molecule has 0 aliphatic rings. The van der Waals surface area contributed by atoms with Gasteiger partial charge in [0, 0.05) is 6.04 Å². The summed E-state index contributed by atoms with van der Waals surface area (Å²) in [5, 5.41) is 0. The van der Waals surface area contributed by atoms with Gasteiger partial charge in [-0.05, 0) is 24.8 Å². The lowest BCUT2D eigenvalue weighted by molar-refractivity contribution is 0.555.